The van der Waals surface area contributed by atoms with Crippen molar-refractivity contribution in [1.29, 1.82) is 0 Å². The smallest absolute Gasteiger partial charge is 0.355 e. The van der Waals surface area contributed by atoms with E-state index in [1.165, 1.54) is 17.6 Å². The van der Waals surface area contributed by atoms with Gasteiger partial charge in [0, 0.05) is 20.7 Å². The summed E-state index contributed by atoms with van der Waals surface area (Å²) in [5, 5.41) is 5.77. The molecule has 7 nitrogen and oxygen atoms in total. The lowest BCUT2D eigenvalue weighted by Gasteiger charge is -2.07. The summed E-state index contributed by atoms with van der Waals surface area (Å²) >= 11 is 13.5. The van der Waals surface area contributed by atoms with Crippen LogP contribution < -0.4 is 19.6 Å². The highest BCUT2D eigenvalue weighted by molar-refractivity contribution is 7.21. The monoisotopic (exact) mass is 604 g/mol. The number of rotatable bonds is 9. The minimum Gasteiger partial charge on any atom is -0.497 e. The van der Waals surface area contributed by atoms with E-state index in [1.807, 2.05) is 24.3 Å². The van der Waals surface area contributed by atoms with Crippen LogP contribution in [0.25, 0.3) is 10.1 Å². The van der Waals surface area contributed by atoms with Gasteiger partial charge in [0.2, 0.25) is 0 Å². The van der Waals surface area contributed by atoms with Crippen molar-refractivity contribution in [1.82, 2.24) is 5.43 Å². The number of benzene rings is 4. The molecule has 0 aliphatic carbocycles. The molecule has 0 bridgehead atoms. The Kier molecular flexibility index (Phi) is 8.84. The summed E-state index contributed by atoms with van der Waals surface area (Å²) in [5.74, 6) is 0.834. The van der Waals surface area contributed by atoms with Gasteiger partial charge in [0.05, 0.1) is 18.3 Å². The number of fused-ring (bicyclic) bond motifs is 1. The van der Waals surface area contributed by atoms with Crippen LogP contribution in [-0.4, -0.2) is 25.2 Å². The minimum atomic E-state index is -0.550. The van der Waals surface area contributed by atoms with Gasteiger partial charge in [-0.3, -0.25) is 4.79 Å². The number of nitrogens with zero attached hydrogens (tertiary/aromatic N) is 1. The second kappa shape index (κ2) is 12.9. The Balaban J connectivity index is 1.12. The quantitative estimate of drug-likeness (QED) is 0.0803. The zero-order valence-corrected chi connectivity index (χ0v) is 23.9. The normalized spacial score (nSPS) is 11.0. The summed E-state index contributed by atoms with van der Waals surface area (Å²) in [5.41, 5.74) is 4.57. The molecule has 0 atom stereocenters. The predicted octanol–water partition coefficient (Wildman–Crippen LogP) is 7.78. The molecule has 1 N–H and O–H groups in total. The minimum absolute atomic E-state index is 0.311. The Bertz CT molecular complexity index is 1720. The van der Waals surface area contributed by atoms with E-state index in [-0.39, 0.29) is 5.91 Å². The number of nitrogens with one attached hydrogen (secondary N) is 1. The van der Waals surface area contributed by atoms with Crippen molar-refractivity contribution >= 4 is 62.7 Å². The average Bonchev–Trinajstić information content (AvgIpc) is 3.33. The third-order valence-corrected chi connectivity index (χ3v) is 7.82. The number of esters is 1. The molecule has 4 aromatic carbocycles. The second-order valence-corrected chi connectivity index (χ2v) is 10.6. The zero-order chi connectivity index (χ0) is 28.8. The van der Waals surface area contributed by atoms with Crippen molar-refractivity contribution in [2.75, 3.05) is 7.11 Å². The molecule has 0 fully saturated rings. The molecule has 1 heterocycles. The summed E-state index contributed by atoms with van der Waals surface area (Å²) in [6.45, 7) is 0.360. The lowest BCUT2D eigenvalue weighted by atomic mass is 10.1. The number of methoxy groups -OCH3 is 1. The van der Waals surface area contributed by atoms with Crippen molar-refractivity contribution in [2.45, 2.75) is 6.61 Å². The van der Waals surface area contributed by atoms with Crippen LogP contribution in [0.15, 0.2) is 96.1 Å². The van der Waals surface area contributed by atoms with Crippen LogP contribution in [0.5, 0.6) is 17.2 Å². The van der Waals surface area contributed by atoms with Gasteiger partial charge >= 0.3 is 5.97 Å². The van der Waals surface area contributed by atoms with Gasteiger partial charge in [-0.15, -0.1) is 11.3 Å². The molecule has 0 aliphatic rings. The van der Waals surface area contributed by atoms with Crippen LogP contribution in [0.4, 0.5) is 0 Å². The number of thiophene rings is 1. The summed E-state index contributed by atoms with van der Waals surface area (Å²) in [6, 6.07) is 26.3. The van der Waals surface area contributed by atoms with E-state index in [0.717, 1.165) is 15.6 Å². The molecule has 0 saturated heterocycles. The molecule has 1 aromatic heterocycles. The number of ether oxygens (including phenoxy) is 3. The summed E-state index contributed by atoms with van der Waals surface area (Å²) in [7, 11) is 1.58. The first kappa shape index (κ1) is 28.2. The van der Waals surface area contributed by atoms with E-state index in [1.54, 1.807) is 73.8 Å². The molecule has 1 amide bonds. The van der Waals surface area contributed by atoms with Crippen LogP contribution in [0, 0.1) is 0 Å². The Morgan fingerprint density at radius 2 is 1.56 bits per heavy atom. The van der Waals surface area contributed by atoms with Crippen molar-refractivity contribution in [3.63, 3.8) is 0 Å². The van der Waals surface area contributed by atoms with Crippen molar-refractivity contribution in [3.05, 3.63) is 123 Å². The highest BCUT2D eigenvalue weighted by atomic mass is 35.5. The SMILES string of the molecule is COc1ccc2c(Cl)c(C(=O)Oc3ccc(/C=N\NC(=O)c4ccc(COc5ccc(Cl)cc5)cc4)cc3)sc2c1. The summed E-state index contributed by atoms with van der Waals surface area (Å²) in [4.78, 5) is 25.5. The highest BCUT2D eigenvalue weighted by Gasteiger charge is 2.19. The Morgan fingerprint density at radius 3 is 2.27 bits per heavy atom. The van der Waals surface area contributed by atoms with Gasteiger partial charge in [0.15, 0.2) is 0 Å². The number of hydrogen-bond acceptors (Lipinski definition) is 7. The van der Waals surface area contributed by atoms with E-state index >= 15 is 0 Å². The lowest BCUT2D eigenvalue weighted by Crippen LogP contribution is -2.17. The third kappa shape index (κ3) is 7.05. The van der Waals surface area contributed by atoms with Crippen molar-refractivity contribution in [3.8, 4) is 17.2 Å². The van der Waals surface area contributed by atoms with E-state index in [0.29, 0.717) is 49.9 Å². The summed E-state index contributed by atoms with van der Waals surface area (Å²) in [6.07, 6.45) is 1.49. The van der Waals surface area contributed by atoms with Gasteiger partial charge in [0.25, 0.3) is 5.91 Å². The molecule has 5 aromatic rings. The number of carbonyl (C=O) groups is 2. The molecule has 0 spiro atoms. The molecule has 206 valence electrons. The van der Waals surface area contributed by atoms with Crippen molar-refractivity contribution < 1.29 is 23.8 Å². The Morgan fingerprint density at radius 1 is 0.878 bits per heavy atom. The van der Waals surface area contributed by atoms with Crippen LogP contribution in [0.3, 0.4) is 0 Å². The number of amides is 1. The maximum Gasteiger partial charge on any atom is 0.355 e. The molecule has 0 saturated carbocycles. The third-order valence-electron chi connectivity index (χ3n) is 5.93. The van der Waals surface area contributed by atoms with Crippen LogP contribution in [0.2, 0.25) is 10.0 Å². The first-order valence-corrected chi connectivity index (χ1v) is 13.9. The first-order chi connectivity index (χ1) is 19.9. The molecular formula is C31H22Cl2N2O5S. The molecule has 0 radical (unpaired) electrons. The van der Waals surface area contributed by atoms with Crippen LogP contribution >= 0.6 is 34.5 Å². The standard InChI is InChI=1S/C31H22Cl2N2O5S/c1-38-25-14-15-26-27(16-25)41-29(28(26)33)31(37)40-24-10-4-19(5-11-24)17-34-35-30(36)21-6-2-20(3-7-21)18-39-23-12-8-22(32)9-13-23/h2-17H,18H2,1H3,(H,35,36)/b34-17-. The average molecular weight is 605 g/mol. The second-order valence-electron chi connectivity index (χ2n) is 8.70. The fourth-order valence-corrected chi connectivity index (χ4v) is 5.30. The topological polar surface area (TPSA) is 86.2 Å². The number of hydrazone groups is 1. The molecule has 0 aliphatic heterocycles. The van der Waals surface area contributed by atoms with Crippen LogP contribution in [0.1, 0.15) is 31.2 Å². The van der Waals surface area contributed by atoms with Gasteiger partial charge in [-0.1, -0.05) is 35.3 Å². The first-order valence-electron chi connectivity index (χ1n) is 12.3. The number of halogens is 2. The summed E-state index contributed by atoms with van der Waals surface area (Å²) < 4.78 is 17.3. The Hall–Kier alpha value is -4.37. The maximum atomic E-state index is 12.7. The fraction of sp³-hybridized carbons (Fsp3) is 0.0645. The predicted molar refractivity (Wildman–Crippen MR) is 162 cm³/mol. The van der Waals surface area contributed by atoms with Gasteiger partial charge in [-0.25, -0.2) is 10.2 Å². The Labute approximate surface area is 249 Å². The van der Waals surface area contributed by atoms with Gasteiger partial charge in [0.1, 0.15) is 28.7 Å². The van der Waals surface area contributed by atoms with E-state index in [9.17, 15) is 9.59 Å². The highest BCUT2D eigenvalue weighted by Crippen LogP contribution is 2.37. The van der Waals surface area contributed by atoms with E-state index in [4.69, 9.17) is 37.4 Å². The molecule has 5 rings (SSSR count). The lowest BCUT2D eigenvalue weighted by molar-refractivity contribution is 0.0739. The molecule has 0 unspecified atom stereocenters. The number of hydrogen-bond donors (Lipinski definition) is 1. The molecular weight excluding hydrogens is 583 g/mol. The van der Waals surface area contributed by atoms with Gasteiger partial charge in [-0.05, 0) is 90.0 Å². The van der Waals surface area contributed by atoms with Gasteiger partial charge < -0.3 is 14.2 Å². The zero-order valence-electron chi connectivity index (χ0n) is 21.6. The number of carbonyl (C=O) groups excluding carboxylic acids is 2. The fourth-order valence-electron chi connectivity index (χ4n) is 3.76. The molecule has 41 heavy (non-hydrogen) atoms. The van der Waals surface area contributed by atoms with E-state index < -0.39 is 5.97 Å². The maximum absolute atomic E-state index is 12.7. The van der Waals surface area contributed by atoms with Gasteiger partial charge in [-0.2, -0.15) is 5.10 Å². The largest absolute Gasteiger partial charge is 0.497 e. The van der Waals surface area contributed by atoms with Crippen molar-refractivity contribution in [2.24, 2.45) is 5.10 Å². The molecule has 10 heteroatoms. The van der Waals surface area contributed by atoms with Crippen LogP contribution in [-0.2, 0) is 6.61 Å². The van der Waals surface area contributed by atoms with E-state index in [2.05, 4.69) is 10.5 Å².